The molecule has 2 rings (SSSR count). The molecule has 5 nitrogen and oxygen atoms in total. The lowest BCUT2D eigenvalue weighted by atomic mass is 9.97. The van der Waals surface area contributed by atoms with Crippen molar-refractivity contribution >= 4 is 27.6 Å². The lowest BCUT2D eigenvalue weighted by Crippen LogP contribution is -2.01. The smallest absolute Gasteiger partial charge is 0.307 e. The van der Waals surface area contributed by atoms with Crippen LogP contribution in [0.5, 0.6) is 0 Å². The molecule has 0 amide bonds. The minimum Gasteiger partial charge on any atom is -0.481 e. The van der Waals surface area contributed by atoms with Gasteiger partial charge in [-0.15, -0.1) is 0 Å². The van der Waals surface area contributed by atoms with Gasteiger partial charge in [0, 0.05) is 16.6 Å². The molecule has 0 saturated carbocycles. The first kappa shape index (κ1) is 14.2. The Balaban J connectivity index is 2.47. The van der Waals surface area contributed by atoms with Gasteiger partial charge in [-0.3, -0.25) is 14.9 Å². The third-order valence-corrected chi connectivity index (χ3v) is 3.30. The number of non-ortho nitro benzene ring substituents is 1. The van der Waals surface area contributed by atoms with Crippen molar-refractivity contribution in [3.05, 3.63) is 62.6 Å². The van der Waals surface area contributed by atoms with Crippen molar-refractivity contribution < 1.29 is 14.8 Å². The number of carboxylic acids is 1. The zero-order chi connectivity index (χ0) is 14.7. The topological polar surface area (TPSA) is 80.4 Å². The van der Waals surface area contributed by atoms with Crippen molar-refractivity contribution in [2.45, 2.75) is 6.42 Å². The number of nitro groups is 1. The molecule has 1 N–H and O–H groups in total. The number of nitro benzene ring substituents is 1. The summed E-state index contributed by atoms with van der Waals surface area (Å²) in [6, 6.07) is 11.3. The lowest BCUT2D eigenvalue weighted by Gasteiger charge is -2.09. The maximum Gasteiger partial charge on any atom is 0.307 e. The van der Waals surface area contributed by atoms with E-state index in [0.717, 1.165) is 15.6 Å². The van der Waals surface area contributed by atoms with Crippen LogP contribution < -0.4 is 0 Å². The first-order valence-electron chi connectivity index (χ1n) is 5.72. The van der Waals surface area contributed by atoms with Crippen molar-refractivity contribution in [1.29, 1.82) is 0 Å². The van der Waals surface area contributed by atoms with Gasteiger partial charge in [-0.25, -0.2) is 0 Å². The zero-order valence-corrected chi connectivity index (χ0v) is 11.8. The Labute approximate surface area is 123 Å². The van der Waals surface area contributed by atoms with E-state index in [1.54, 1.807) is 30.3 Å². The summed E-state index contributed by atoms with van der Waals surface area (Å²) in [5.74, 6) is -0.921. The van der Waals surface area contributed by atoms with E-state index in [9.17, 15) is 14.9 Å². The van der Waals surface area contributed by atoms with Crippen LogP contribution >= 0.6 is 15.9 Å². The third kappa shape index (κ3) is 3.21. The Bertz CT molecular complexity index is 667. The van der Waals surface area contributed by atoms with E-state index in [0.29, 0.717) is 5.56 Å². The minimum atomic E-state index is -0.921. The number of hydrogen-bond donors (Lipinski definition) is 1. The fourth-order valence-electron chi connectivity index (χ4n) is 1.90. The van der Waals surface area contributed by atoms with E-state index in [1.807, 2.05) is 0 Å². The van der Waals surface area contributed by atoms with Crippen molar-refractivity contribution in [2.75, 3.05) is 0 Å². The molecule has 0 aliphatic rings. The Morgan fingerprint density at radius 2 is 1.85 bits per heavy atom. The predicted octanol–water partition coefficient (Wildman–Crippen LogP) is 3.65. The van der Waals surface area contributed by atoms with E-state index >= 15 is 0 Å². The monoisotopic (exact) mass is 335 g/mol. The van der Waals surface area contributed by atoms with Crippen LogP contribution in [0.3, 0.4) is 0 Å². The van der Waals surface area contributed by atoms with Crippen LogP contribution in [0.25, 0.3) is 11.1 Å². The normalized spacial score (nSPS) is 10.2. The summed E-state index contributed by atoms with van der Waals surface area (Å²) in [7, 11) is 0. The number of aliphatic carboxylic acids is 1. The average Bonchev–Trinajstić information content (AvgIpc) is 2.40. The van der Waals surface area contributed by atoms with Crippen LogP contribution in [0.4, 0.5) is 5.69 Å². The molecule has 2 aromatic rings. The van der Waals surface area contributed by atoms with E-state index in [1.165, 1.54) is 12.1 Å². The van der Waals surface area contributed by atoms with Crippen LogP contribution in [-0.2, 0) is 11.2 Å². The largest absolute Gasteiger partial charge is 0.481 e. The molecule has 0 aliphatic heterocycles. The van der Waals surface area contributed by atoms with Crippen LogP contribution in [0, 0.1) is 10.1 Å². The zero-order valence-electron chi connectivity index (χ0n) is 10.2. The van der Waals surface area contributed by atoms with E-state index < -0.39 is 10.9 Å². The summed E-state index contributed by atoms with van der Waals surface area (Å²) in [5, 5.41) is 19.6. The van der Waals surface area contributed by atoms with Crippen LogP contribution in [0.1, 0.15) is 5.56 Å². The van der Waals surface area contributed by atoms with Crippen LogP contribution in [0.2, 0.25) is 0 Å². The van der Waals surface area contributed by atoms with Crippen LogP contribution in [0.15, 0.2) is 46.9 Å². The molecule has 0 bridgehead atoms. The Kier molecular flexibility index (Phi) is 4.14. The number of nitrogens with zero attached hydrogens (tertiary/aromatic N) is 1. The quantitative estimate of drug-likeness (QED) is 0.683. The molecule has 0 atom stereocenters. The molecule has 0 spiro atoms. The SMILES string of the molecule is O=C(O)Cc1ccc(Br)cc1-c1ccc([N+](=O)[O-])cc1. The van der Waals surface area contributed by atoms with Gasteiger partial charge in [0.2, 0.25) is 0 Å². The number of carboxylic acid groups (broad SMARTS) is 1. The van der Waals surface area contributed by atoms with Gasteiger partial charge in [0.25, 0.3) is 5.69 Å². The number of rotatable bonds is 4. The van der Waals surface area contributed by atoms with Crippen molar-refractivity contribution in [3.63, 3.8) is 0 Å². The molecule has 0 heterocycles. The number of benzene rings is 2. The first-order valence-corrected chi connectivity index (χ1v) is 6.51. The third-order valence-electron chi connectivity index (χ3n) is 2.80. The fraction of sp³-hybridized carbons (Fsp3) is 0.0714. The molecule has 0 saturated heterocycles. The molecule has 0 fully saturated rings. The molecule has 20 heavy (non-hydrogen) atoms. The molecule has 6 heteroatoms. The lowest BCUT2D eigenvalue weighted by molar-refractivity contribution is -0.384. The molecule has 102 valence electrons. The second-order valence-corrected chi connectivity index (χ2v) is 5.09. The molecule has 0 aliphatic carbocycles. The fourth-order valence-corrected chi connectivity index (χ4v) is 2.26. The molecule has 2 aromatic carbocycles. The summed E-state index contributed by atoms with van der Waals surface area (Å²) in [5.41, 5.74) is 2.16. The maximum atomic E-state index is 10.9. The molecule has 0 radical (unpaired) electrons. The molecular formula is C14H10BrNO4. The van der Waals surface area contributed by atoms with Gasteiger partial charge < -0.3 is 5.11 Å². The molecular weight excluding hydrogens is 326 g/mol. The maximum absolute atomic E-state index is 10.9. The summed E-state index contributed by atoms with van der Waals surface area (Å²) < 4.78 is 0.819. The summed E-state index contributed by atoms with van der Waals surface area (Å²) in [4.78, 5) is 21.0. The summed E-state index contributed by atoms with van der Waals surface area (Å²) >= 11 is 3.34. The standard InChI is InChI=1S/C14H10BrNO4/c15-11-4-1-10(7-14(17)18)13(8-11)9-2-5-12(6-3-9)16(19)20/h1-6,8H,7H2,(H,17,18). The van der Waals surface area contributed by atoms with Crippen molar-refractivity contribution in [3.8, 4) is 11.1 Å². The van der Waals surface area contributed by atoms with Crippen molar-refractivity contribution in [1.82, 2.24) is 0 Å². The van der Waals surface area contributed by atoms with E-state index in [4.69, 9.17) is 5.11 Å². The number of carbonyl (C=O) groups is 1. The highest BCUT2D eigenvalue weighted by atomic mass is 79.9. The highest BCUT2D eigenvalue weighted by molar-refractivity contribution is 9.10. The van der Waals surface area contributed by atoms with Crippen LogP contribution in [-0.4, -0.2) is 16.0 Å². The van der Waals surface area contributed by atoms with Gasteiger partial charge in [-0.2, -0.15) is 0 Å². The highest BCUT2D eigenvalue weighted by Crippen LogP contribution is 2.29. The highest BCUT2D eigenvalue weighted by Gasteiger charge is 2.11. The van der Waals surface area contributed by atoms with E-state index in [2.05, 4.69) is 15.9 Å². The van der Waals surface area contributed by atoms with Crippen molar-refractivity contribution in [2.24, 2.45) is 0 Å². The van der Waals surface area contributed by atoms with E-state index in [-0.39, 0.29) is 12.1 Å². The second kappa shape index (κ2) is 5.83. The Hall–Kier alpha value is -2.21. The minimum absolute atomic E-state index is 0.00327. The van der Waals surface area contributed by atoms with Gasteiger partial charge in [0.05, 0.1) is 11.3 Å². The molecule has 0 unspecified atom stereocenters. The summed E-state index contributed by atoms with van der Waals surface area (Å²) in [6.07, 6.45) is -0.0976. The van der Waals surface area contributed by atoms with Gasteiger partial charge in [0.15, 0.2) is 0 Å². The number of halogens is 1. The first-order chi connectivity index (χ1) is 9.47. The Morgan fingerprint density at radius 1 is 1.20 bits per heavy atom. The average molecular weight is 336 g/mol. The predicted molar refractivity (Wildman–Crippen MR) is 77.6 cm³/mol. The molecule has 0 aromatic heterocycles. The van der Waals surface area contributed by atoms with Gasteiger partial charge in [-0.1, -0.05) is 22.0 Å². The van der Waals surface area contributed by atoms with Gasteiger partial charge in [-0.05, 0) is 41.0 Å². The number of hydrogen-bond acceptors (Lipinski definition) is 3. The summed E-state index contributed by atoms with van der Waals surface area (Å²) in [6.45, 7) is 0. The van der Waals surface area contributed by atoms with Gasteiger partial charge >= 0.3 is 5.97 Å². The van der Waals surface area contributed by atoms with Gasteiger partial charge in [0.1, 0.15) is 0 Å². The Morgan fingerprint density at radius 3 is 2.40 bits per heavy atom. The second-order valence-electron chi connectivity index (χ2n) is 4.18.